The first kappa shape index (κ1) is 19.4. The van der Waals surface area contributed by atoms with Crippen LogP contribution in [0.4, 0.5) is 10.9 Å². The molecule has 28 heavy (non-hydrogen) atoms. The maximum atomic E-state index is 12.9. The van der Waals surface area contributed by atoms with Crippen molar-refractivity contribution in [2.45, 2.75) is 42.9 Å². The average molecular weight is 434 g/mol. The Hall–Kier alpha value is -1.96. The zero-order chi connectivity index (χ0) is 19.9. The van der Waals surface area contributed by atoms with Crippen LogP contribution < -0.4 is 5.32 Å². The van der Waals surface area contributed by atoms with E-state index < -0.39 is 9.84 Å². The van der Waals surface area contributed by atoms with Crippen molar-refractivity contribution in [2.75, 3.05) is 5.32 Å². The van der Waals surface area contributed by atoms with E-state index in [1.165, 1.54) is 17.0 Å². The number of hydrogen-bond acceptors (Lipinski definition) is 6. The molecule has 2 aromatic heterocycles. The minimum Gasteiger partial charge on any atom is -0.316 e. The van der Waals surface area contributed by atoms with Gasteiger partial charge in [-0.2, -0.15) is 0 Å². The van der Waals surface area contributed by atoms with Crippen LogP contribution in [0.2, 0.25) is 5.15 Å². The highest BCUT2D eigenvalue weighted by atomic mass is 35.5. The summed E-state index contributed by atoms with van der Waals surface area (Å²) in [6, 6.07) is 11.1. The third-order valence-corrected chi connectivity index (χ3v) is 7.78. The van der Waals surface area contributed by atoms with Gasteiger partial charge in [0, 0.05) is 10.9 Å². The van der Waals surface area contributed by atoms with Gasteiger partial charge in [0.2, 0.25) is 9.84 Å². The lowest BCUT2D eigenvalue weighted by Crippen LogP contribution is -2.20. The Kier molecular flexibility index (Phi) is 4.93. The Bertz CT molecular complexity index is 1130. The number of hydrogen-bond donors (Lipinski definition) is 1. The molecule has 3 aromatic rings. The summed E-state index contributed by atoms with van der Waals surface area (Å²) in [7, 11) is -3.68. The van der Waals surface area contributed by atoms with Crippen molar-refractivity contribution in [3.63, 3.8) is 0 Å². The summed E-state index contributed by atoms with van der Waals surface area (Å²) < 4.78 is 25.8. The van der Waals surface area contributed by atoms with E-state index in [1.807, 2.05) is 0 Å². The zero-order valence-electron chi connectivity index (χ0n) is 15.6. The highest BCUT2D eigenvalue weighted by Crippen LogP contribution is 2.39. The first-order valence-corrected chi connectivity index (χ1v) is 11.6. The summed E-state index contributed by atoms with van der Waals surface area (Å²) in [4.78, 5) is 10.5. The minimum atomic E-state index is -3.68. The van der Waals surface area contributed by atoms with Crippen molar-refractivity contribution in [1.29, 1.82) is 0 Å². The summed E-state index contributed by atoms with van der Waals surface area (Å²) >= 11 is 7.71. The first-order valence-electron chi connectivity index (χ1n) is 8.96. The Morgan fingerprint density at radius 3 is 2.61 bits per heavy atom. The number of thiazole rings is 1. The molecular weight excluding hydrogens is 414 g/mol. The lowest BCUT2D eigenvalue weighted by atomic mass is 9.79. The fourth-order valence-corrected chi connectivity index (χ4v) is 6.16. The van der Waals surface area contributed by atoms with Crippen molar-refractivity contribution >= 4 is 43.7 Å². The van der Waals surface area contributed by atoms with Gasteiger partial charge in [0.05, 0.1) is 15.5 Å². The molecule has 1 aliphatic rings. The molecule has 146 valence electrons. The Labute approximate surface area is 173 Å². The van der Waals surface area contributed by atoms with Gasteiger partial charge in [0.1, 0.15) is 11.0 Å². The Morgan fingerprint density at radius 2 is 1.86 bits per heavy atom. The van der Waals surface area contributed by atoms with E-state index in [1.54, 1.807) is 41.7 Å². The molecule has 0 atom stereocenters. The van der Waals surface area contributed by atoms with Gasteiger partial charge in [-0.1, -0.05) is 43.6 Å². The minimum absolute atomic E-state index is 0.101. The molecule has 0 aliphatic heterocycles. The topological polar surface area (TPSA) is 72.0 Å². The number of rotatable bonds is 4. The number of benzene rings is 1. The second kappa shape index (κ2) is 7.13. The second-order valence-electron chi connectivity index (χ2n) is 7.68. The fraction of sp³-hybridized carbons (Fsp3) is 0.300. The van der Waals surface area contributed by atoms with Crippen LogP contribution in [0, 0.1) is 5.41 Å². The lowest BCUT2D eigenvalue weighted by Gasteiger charge is -2.28. The molecule has 0 radical (unpaired) electrons. The molecule has 0 bridgehead atoms. The summed E-state index contributed by atoms with van der Waals surface area (Å²) in [5.74, 6) is 0.368. The van der Waals surface area contributed by atoms with Crippen LogP contribution in [0.5, 0.6) is 0 Å². The molecule has 2 heterocycles. The highest BCUT2D eigenvalue weighted by Gasteiger charge is 2.28. The van der Waals surface area contributed by atoms with Gasteiger partial charge in [-0.25, -0.2) is 18.4 Å². The molecule has 1 aliphatic carbocycles. The van der Waals surface area contributed by atoms with Crippen LogP contribution in [0.3, 0.4) is 0 Å². The maximum absolute atomic E-state index is 12.9. The Balaban J connectivity index is 1.65. The molecule has 0 saturated carbocycles. The van der Waals surface area contributed by atoms with Crippen LogP contribution in [0.1, 0.15) is 30.8 Å². The number of aromatic nitrogens is 2. The van der Waals surface area contributed by atoms with Crippen molar-refractivity contribution < 1.29 is 8.42 Å². The van der Waals surface area contributed by atoms with Crippen LogP contribution in [0.15, 0.2) is 52.3 Å². The number of sulfone groups is 1. The summed E-state index contributed by atoms with van der Waals surface area (Å²) in [6.07, 6.45) is 3.06. The molecule has 0 saturated heterocycles. The predicted octanol–water partition coefficient (Wildman–Crippen LogP) is 5.28. The third-order valence-electron chi connectivity index (χ3n) is 4.82. The van der Waals surface area contributed by atoms with Gasteiger partial charge in [-0.15, -0.1) is 11.3 Å². The van der Waals surface area contributed by atoms with Crippen molar-refractivity contribution in [3.8, 4) is 0 Å². The van der Waals surface area contributed by atoms with Crippen molar-refractivity contribution in [1.82, 2.24) is 9.97 Å². The molecule has 0 spiro atoms. The molecule has 5 nitrogen and oxygen atoms in total. The molecule has 4 rings (SSSR count). The summed E-state index contributed by atoms with van der Waals surface area (Å²) in [5, 5.41) is 3.96. The third kappa shape index (κ3) is 3.92. The van der Waals surface area contributed by atoms with Gasteiger partial charge >= 0.3 is 0 Å². The smallest absolute Gasteiger partial charge is 0.206 e. The lowest BCUT2D eigenvalue weighted by molar-refractivity contribution is 0.316. The molecule has 0 amide bonds. The average Bonchev–Trinajstić information content (AvgIpc) is 3.02. The number of nitrogens with one attached hydrogen (secondary N) is 1. The monoisotopic (exact) mass is 433 g/mol. The van der Waals surface area contributed by atoms with Crippen LogP contribution >= 0.6 is 22.9 Å². The van der Waals surface area contributed by atoms with Gasteiger partial charge < -0.3 is 5.32 Å². The van der Waals surface area contributed by atoms with E-state index in [2.05, 4.69) is 29.1 Å². The van der Waals surface area contributed by atoms with E-state index >= 15 is 0 Å². The number of fused-ring (bicyclic) bond motifs is 1. The number of anilines is 2. The van der Waals surface area contributed by atoms with Crippen molar-refractivity contribution in [3.05, 3.63) is 58.2 Å². The Morgan fingerprint density at radius 1 is 1.11 bits per heavy atom. The van der Waals surface area contributed by atoms with Crippen LogP contribution in [-0.4, -0.2) is 18.4 Å². The van der Waals surface area contributed by atoms with Gasteiger partial charge in [-0.05, 0) is 42.9 Å². The quantitative estimate of drug-likeness (QED) is 0.566. The molecule has 1 N–H and O–H groups in total. The number of nitrogens with zero attached hydrogens (tertiary/aromatic N) is 2. The second-order valence-corrected chi connectivity index (χ2v) is 11.1. The van der Waals surface area contributed by atoms with E-state index in [4.69, 9.17) is 11.6 Å². The van der Waals surface area contributed by atoms with E-state index in [0.717, 1.165) is 25.0 Å². The SMILES string of the molecule is CC1(C)CCc2nc(Nc3cc(S(=O)(=O)c4ccccc4)cc(Cl)n3)sc2C1. The zero-order valence-corrected chi connectivity index (χ0v) is 18.0. The van der Waals surface area contributed by atoms with Crippen LogP contribution in [0.25, 0.3) is 0 Å². The molecule has 8 heteroatoms. The van der Waals surface area contributed by atoms with Crippen LogP contribution in [-0.2, 0) is 22.7 Å². The van der Waals surface area contributed by atoms with Gasteiger partial charge in [0.15, 0.2) is 5.13 Å². The molecule has 0 unspecified atom stereocenters. The maximum Gasteiger partial charge on any atom is 0.206 e. The van der Waals surface area contributed by atoms with Gasteiger partial charge in [-0.3, -0.25) is 0 Å². The predicted molar refractivity (Wildman–Crippen MR) is 112 cm³/mol. The summed E-state index contributed by atoms with van der Waals surface area (Å²) in [6.45, 7) is 4.53. The molecule has 1 aromatic carbocycles. The van der Waals surface area contributed by atoms with E-state index in [-0.39, 0.29) is 20.4 Å². The summed E-state index contributed by atoms with van der Waals surface area (Å²) in [5.41, 5.74) is 1.40. The fourth-order valence-electron chi connectivity index (χ4n) is 3.29. The van der Waals surface area contributed by atoms with Crippen molar-refractivity contribution in [2.24, 2.45) is 5.41 Å². The molecule has 0 fully saturated rings. The van der Waals surface area contributed by atoms with E-state index in [9.17, 15) is 8.42 Å². The largest absolute Gasteiger partial charge is 0.316 e. The number of aryl methyl sites for hydroxylation is 1. The normalized spacial score (nSPS) is 15.8. The van der Waals surface area contributed by atoms with E-state index in [0.29, 0.717) is 10.9 Å². The standard InChI is InChI=1S/C20H20ClN3O2S2/c1-20(2)9-8-15-16(12-20)27-19(22-15)24-18-11-14(10-17(21)23-18)28(25,26)13-6-4-3-5-7-13/h3-7,10-11H,8-9,12H2,1-2H3,(H,22,23,24). The first-order chi connectivity index (χ1) is 13.2. The molecular formula is C20H20ClN3O2S2. The number of pyridine rings is 1. The van der Waals surface area contributed by atoms with Gasteiger partial charge in [0.25, 0.3) is 0 Å². The number of halogens is 1. The highest BCUT2D eigenvalue weighted by molar-refractivity contribution is 7.91.